The first-order valence-corrected chi connectivity index (χ1v) is 12.1. The normalized spacial score (nSPS) is 42.8. The van der Waals surface area contributed by atoms with Gasteiger partial charge in [0.2, 0.25) is 11.8 Å². The van der Waals surface area contributed by atoms with Gasteiger partial charge in [0.1, 0.15) is 0 Å². The van der Waals surface area contributed by atoms with Crippen molar-refractivity contribution in [3.63, 3.8) is 0 Å². The third-order valence-electron chi connectivity index (χ3n) is 9.68. The minimum atomic E-state index is 0.229. The maximum Gasteiger partial charge on any atom is 0.222 e. The number of piperidine rings is 1. The molecule has 0 N–H and O–H groups in total. The molecule has 30 heavy (non-hydrogen) atoms. The van der Waals surface area contributed by atoms with E-state index in [1.165, 1.54) is 25.7 Å². The Morgan fingerprint density at radius 3 is 2.67 bits per heavy atom. The molecule has 4 nitrogen and oxygen atoms in total. The van der Waals surface area contributed by atoms with E-state index in [9.17, 15) is 4.79 Å². The Kier molecular flexibility index (Phi) is 4.96. The Bertz CT molecular complexity index is 845. The SMILES string of the molecule is CN1C(=O)CC[C@]2(C)[C@H]3CC[C@]4(C)[C@@H](C(=S)Oc5ccccn5)CC[C@H]4[C@@H]3CC[C@@H]12. The number of pyridine rings is 1. The van der Waals surface area contributed by atoms with Crippen LogP contribution in [0.25, 0.3) is 0 Å². The van der Waals surface area contributed by atoms with Gasteiger partial charge in [0.15, 0.2) is 5.05 Å². The van der Waals surface area contributed by atoms with Gasteiger partial charge in [-0.3, -0.25) is 4.79 Å². The Morgan fingerprint density at radius 1 is 1.10 bits per heavy atom. The summed E-state index contributed by atoms with van der Waals surface area (Å²) in [6, 6.07) is 6.16. The number of hydrogen-bond donors (Lipinski definition) is 0. The highest BCUT2D eigenvalue weighted by molar-refractivity contribution is 7.80. The number of carbonyl (C=O) groups is 1. The van der Waals surface area contributed by atoms with Gasteiger partial charge in [-0.25, -0.2) is 4.98 Å². The van der Waals surface area contributed by atoms with Crippen molar-refractivity contribution in [1.82, 2.24) is 9.88 Å². The Hall–Kier alpha value is -1.49. The van der Waals surface area contributed by atoms with Crippen LogP contribution < -0.4 is 4.74 Å². The zero-order valence-electron chi connectivity index (χ0n) is 18.5. The second-order valence-corrected chi connectivity index (χ2v) is 11.1. The molecule has 0 bridgehead atoms. The quantitative estimate of drug-likeness (QED) is 0.605. The van der Waals surface area contributed by atoms with Crippen LogP contribution in [0.3, 0.4) is 0 Å². The van der Waals surface area contributed by atoms with Gasteiger partial charge in [0, 0.05) is 37.7 Å². The van der Waals surface area contributed by atoms with Crippen LogP contribution in [-0.2, 0) is 4.79 Å². The molecular formula is C25H34N2O2S. The lowest BCUT2D eigenvalue weighted by Gasteiger charge is -2.61. The summed E-state index contributed by atoms with van der Waals surface area (Å²) in [5.41, 5.74) is 0.503. The van der Waals surface area contributed by atoms with Crippen LogP contribution in [-0.4, -0.2) is 33.9 Å². The zero-order chi connectivity index (χ0) is 21.1. The second kappa shape index (κ2) is 7.29. The third-order valence-corrected chi connectivity index (χ3v) is 10.1. The molecule has 2 heterocycles. The lowest BCUT2D eigenvalue weighted by Crippen LogP contribution is -2.61. The first-order valence-electron chi connectivity index (χ1n) is 11.7. The molecule has 3 aliphatic carbocycles. The summed E-state index contributed by atoms with van der Waals surface area (Å²) >= 11 is 5.82. The number of amides is 1. The zero-order valence-corrected chi connectivity index (χ0v) is 19.3. The molecule has 162 valence electrons. The van der Waals surface area contributed by atoms with Gasteiger partial charge in [-0.05, 0) is 91.8 Å². The van der Waals surface area contributed by atoms with Crippen molar-refractivity contribution >= 4 is 23.2 Å². The number of nitrogens with zero attached hydrogens (tertiary/aromatic N) is 2. The lowest BCUT2D eigenvalue weighted by atomic mass is 9.47. The molecule has 0 spiro atoms. The van der Waals surface area contributed by atoms with Crippen molar-refractivity contribution in [3.8, 4) is 5.88 Å². The molecule has 7 atom stereocenters. The number of ether oxygens (including phenoxy) is 1. The van der Waals surface area contributed by atoms with Gasteiger partial charge in [0.25, 0.3) is 0 Å². The van der Waals surface area contributed by atoms with Crippen molar-refractivity contribution in [1.29, 1.82) is 0 Å². The molecule has 1 aromatic rings. The van der Waals surface area contributed by atoms with E-state index in [4.69, 9.17) is 17.0 Å². The fourth-order valence-corrected chi connectivity index (χ4v) is 8.59. The third kappa shape index (κ3) is 2.95. The van der Waals surface area contributed by atoms with Crippen molar-refractivity contribution in [3.05, 3.63) is 24.4 Å². The highest BCUT2D eigenvalue weighted by Crippen LogP contribution is 2.66. The maximum absolute atomic E-state index is 12.3. The molecule has 1 amide bonds. The summed E-state index contributed by atoms with van der Waals surface area (Å²) in [5.74, 6) is 3.50. The molecule has 1 saturated heterocycles. The van der Waals surface area contributed by atoms with E-state index in [1.807, 2.05) is 25.2 Å². The van der Waals surface area contributed by atoms with Gasteiger partial charge in [0.05, 0.1) is 0 Å². The number of fused-ring (bicyclic) bond motifs is 5. The predicted molar refractivity (Wildman–Crippen MR) is 121 cm³/mol. The first-order chi connectivity index (χ1) is 14.3. The average molecular weight is 427 g/mol. The van der Waals surface area contributed by atoms with Crippen LogP contribution in [0.1, 0.15) is 65.2 Å². The van der Waals surface area contributed by atoms with Gasteiger partial charge in [-0.1, -0.05) is 19.9 Å². The van der Waals surface area contributed by atoms with E-state index >= 15 is 0 Å². The van der Waals surface area contributed by atoms with Gasteiger partial charge < -0.3 is 9.64 Å². The lowest BCUT2D eigenvalue weighted by molar-refractivity contribution is -0.157. The van der Waals surface area contributed by atoms with Gasteiger partial charge in [-0.2, -0.15) is 0 Å². The second-order valence-electron chi connectivity index (χ2n) is 10.7. The number of aromatic nitrogens is 1. The summed E-state index contributed by atoms with van der Waals surface area (Å²) in [6.45, 7) is 4.96. The monoisotopic (exact) mass is 426 g/mol. The van der Waals surface area contributed by atoms with Crippen molar-refractivity contribution in [2.75, 3.05) is 7.05 Å². The molecule has 5 heteroatoms. The molecular weight excluding hydrogens is 392 g/mol. The van der Waals surface area contributed by atoms with Crippen molar-refractivity contribution in [2.45, 2.75) is 71.3 Å². The highest BCUT2D eigenvalue weighted by Gasteiger charge is 2.61. The van der Waals surface area contributed by atoms with Crippen LogP contribution in [0.15, 0.2) is 24.4 Å². The van der Waals surface area contributed by atoms with Crippen molar-refractivity contribution in [2.24, 2.45) is 34.5 Å². The topological polar surface area (TPSA) is 42.4 Å². The number of hydrogen-bond acceptors (Lipinski definition) is 4. The highest BCUT2D eigenvalue weighted by atomic mass is 32.1. The van der Waals surface area contributed by atoms with Crippen LogP contribution >= 0.6 is 12.2 Å². The van der Waals surface area contributed by atoms with Crippen molar-refractivity contribution < 1.29 is 9.53 Å². The molecule has 3 saturated carbocycles. The van der Waals surface area contributed by atoms with E-state index in [2.05, 4.69) is 23.7 Å². The predicted octanol–water partition coefficient (Wildman–Crippen LogP) is 5.27. The average Bonchev–Trinajstić information content (AvgIpc) is 3.09. The molecule has 4 fully saturated rings. The Labute approximate surface area is 185 Å². The fraction of sp³-hybridized carbons (Fsp3) is 0.720. The minimum absolute atomic E-state index is 0.229. The maximum atomic E-state index is 12.3. The number of likely N-dealkylation sites (tertiary alicyclic amines) is 1. The standard InChI is InChI=1S/C25H34N2O2S/c1-24-13-11-18-16(7-10-20-25(18,2)14-12-22(28)27(20)3)17(24)8-9-19(24)23(30)29-21-6-4-5-15-26-21/h4-6,15-20H,7-14H2,1-3H3/t16-,17-,18-,19+,20+,24-,25+/m0/s1. The van der Waals surface area contributed by atoms with Crippen LogP contribution in [0.2, 0.25) is 0 Å². The van der Waals surface area contributed by atoms with E-state index in [-0.39, 0.29) is 10.8 Å². The van der Waals surface area contributed by atoms with Gasteiger partial charge in [-0.15, -0.1) is 0 Å². The summed E-state index contributed by atoms with van der Waals surface area (Å²) in [5, 5.41) is 0.736. The molecule has 1 aromatic heterocycles. The largest absolute Gasteiger partial charge is 0.432 e. The van der Waals surface area contributed by atoms with E-state index < -0.39 is 0 Å². The Balaban J connectivity index is 1.36. The summed E-state index contributed by atoms with van der Waals surface area (Å²) < 4.78 is 6.06. The Morgan fingerprint density at radius 2 is 1.90 bits per heavy atom. The summed E-state index contributed by atoms with van der Waals surface area (Å²) in [4.78, 5) is 18.7. The minimum Gasteiger partial charge on any atom is -0.432 e. The molecule has 0 aromatic carbocycles. The molecule has 0 unspecified atom stereocenters. The van der Waals surface area contributed by atoms with Gasteiger partial charge >= 0.3 is 0 Å². The number of thiocarbonyl (C=S) groups is 1. The molecule has 5 rings (SSSR count). The van der Waals surface area contributed by atoms with E-state index in [0.29, 0.717) is 29.7 Å². The number of rotatable bonds is 2. The smallest absolute Gasteiger partial charge is 0.222 e. The fourth-order valence-electron chi connectivity index (χ4n) is 8.12. The van der Waals surface area contributed by atoms with Crippen LogP contribution in [0, 0.1) is 34.5 Å². The molecule has 0 radical (unpaired) electrons. The first kappa shape index (κ1) is 20.4. The number of carbonyl (C=O) groups excluding carboxylic acids is 1. The van der Waals surface area contributed by atoms with Crippen LogP contribution in [0.5, 0.6) is 5.88 Å². The summed E-state index contributed by atoms with van der Waals surface area (Å²) in [7, 11) is 2.04. The van der Waals surface area contributed by atoms with E-state index in [1.54, 1.807) is 6.20 Å². The molecule has 1 aliphatic heterocycles. The summed E-state index contributed by atoms with van der Waals surface area (Å²) in [6.07, 6.45) is 10.8. The molecule has 4 aliphatic rings. The van der Waals surface area contributed by atoms with Crippen LogP contribution in [0.4, 0.5) is 0 Å². The van der Waals surface area contributed by atoms with E-state index in [0.717, 1.165) is 42.6 Å².